The van der Waals surface area contributed by atoms with E-state index in [1.165, 1.54) is 32.1 Å². The molecule has 1 aliphatic carbocycles. The molecule has 1 aromatic rings. The fraction of sp³-hybridized carbons (Fsp3) is 0.588. The number of hydrogen-bond acceptors (Lipinski definition) is 2. The Morgan fingerprint density at radius 1 is 1.21 bits per heavy atom. The van der Waals surface area contributed by atoms with Crippen LogP contribution < -0.4 is 4.90 Å². The second kappa shape index (κ2) is 6.74. The molecule has 0 spiro atoms. The van der Waals surface area contributed by atoms with Crippen LogP contribution in [0.4, 0.5) is 5.69 Å². The second-order valence-electron chi connectivity index (χ2n) is 5.68. The highest BCUT2D eigenvalue weighted by Crippen LogP contribution is 2.27. The largest absolute Gasteiger partial charge is 0.374 e. The van der Waals surface area contributed by atoms with Gasteiger partial charge >= 0.3 is 0 Å². The molecule has 1 saturated carbocycles. The van der Waals surface area contributed by atoms with E-state index < -0.39 is 0 Å². The Labute approximate surface area is 116 Å². The summed E-state index contributed by atoms with van der Waals surface area (Å²) in [6, 6.07) is 8.02. The number of Topliss-reactive ketones (excluding diaryl/α,β-unsaturated/α-hetero) is 1. The molecule has 0 N–H and O–H groups in total. The van der Waals surface area contributed by atoms with Gasteiger partial charge in [-0.1, -0.05) is 38.3 Å². The van der Waals surface area contributed by atoms with Crippen LogP contribution in [0.5, 0.6) is 0 Å². The van der Waals surface area contributed by atoms with Gasteiger partial charge in [0, 0.05) is 31.3 Å². The van der Waals surface area contributed by atoms with Crippen LogP contribution in [0.25, 0.3) is 0 Å². The Bertz CT molecular complexity index is 421. The van der Waals surface area contributed by atoms with E-state index in [0.29, 0.717) is 6.42 Å². The van der Waals surface area contributed by atoms with Crippen LogP contribution >= 0.6 is 0 Å². The number of rotatable bonds is 5. The summed E-state index contributed by atoms with van der Waals surface area (Å²) in [5, 5.41) is 0. The molecule has 2 heteroatoms. The molecule has 0 radical (unpaired) electrons. The number of benzene rings is 1. The van der Waals surface area contributed by atoms with E-state index in [2.05, 4.69) is 18.0 Å². The van der Waals surface area contributed by atoms with E-state index in [1.54, 1.807) is 0 Å². The highest BCUT2D eigenvalue weighted by molar-refractivity contribution is 6.01. The van der Waals surface area contributed by atoms with Gasteiger partial charge in [0.2, 0.25) is 0 Å². The topological polar surface area (TPSA) is 20.3 Å². The highest BCUT2D eigenvalue weighted by Gasteiger charge is 2.18. The van der Waals surface area contributed by atoms with Crippen molar-refractivity contribution in [1.82, 2.24) is 0 Å². The lowest BCUT2D eigenvalue weighted by atomic mass is 9.89. The third kappa shape index (κ3) is 3.59. The minimum atomic E-state index is 0.242. The molecule has 2 rings (SSSR count). The van der Waals surface area contributed by atoms with E-state index in [0.717, 1.165) is 23.7 Å². The summed E-state index contributed by atoms with van der Waals surface area (Å²) in [6.07, 6.45) is 7.39. The summed E-state index contributed by atoms with van der Waals surface area (Å²) in [4.78, 5) is 14.3. The third-order valence-corrected chi connectivity index (χ3v) is 4.19. The molecule has 0 amide bonds. The first-order valence-electron chi connectivity index (χ1n) is 7.55. The molecule has 1 fully saturated rings. The minimum absolute atomic E-state index is 0.242. The molecule has 1 aromatic carbocycles. The Morgan fingerprint density at radius 2 is 1.89 bits per heavy atom. The molecule has 104 valence electrons. The summed E-state index contributed by atoms with van der Waals surface area (Å²) in [5.74, 6) is 1.04. The maximum Gasteiger partial charge on any atom is 0.164 e. The average Bonchev–Trinajstić information content (AvgIpc) is 2.47. The maximum absolute atomic E-state index is 12.0. The van der Waals surface area contributed by atoms with Crippen molar-refractivity contribution in [3.63, 3.8) is 0 Å². The van der Waals surface area contributed by atoms with E-state index in [1.807, 2.05) is 25.1 Å². The fourth-order valence-corrected chi connectivity index (χ4v) is 3.09. The van der Waals surface area contributed by atoms with Crippen LogP contribution in [0.1, 0.15) is 55.8 Å². The van der Waals surface area contributed by atoms with Crippen LogP contribution in [-0.4, -0.2) is 19.4 Å². The van der Waals surface area contributed by atoms with E-state index in [4.69, 9.17) is 0 Å². The molecule has 0 bridgehead atoms. The summed E-state index contributed by atoms with van der Waals surface area (Å²) < 4.78 is 0. The molecular formula is C17H25NO. The predicted octanol–water partition coefficient (Wildman–Crippen LogP) is 4.30. The van der Waals surface area contributed by atoms with Crippen LogP contribution in [0.3, 0.4) is 0 Å². The second-order valence-corrected chi connectivity index (χ2v) is 5.68. The van der Waals surface area contributed by atoms with E-state index in [9.17, 15) is 4.79 Å². The standard InChI is InChI=1S/C17H25NO/c1-3-17(19)15-11-7-8-12-16(15)18(2)13-14-9-5-4-6-10-14/h7-8,11-12,14H,3-6,9-10,13H2,1-2H3. The fourth-order valence-electron chi connectivity index (χ4n) is 3.09. The average molecular weight is 259 g/mol. The summed E-state index contributed by atoms with van der Waals surface area (Å²) in [6.45, 7) is 3.01. The molecule has 0 atom stereocenters. The zero-order valence-electron chi connectivity index (χ0n) is 12.2. The van der Waals surface area contributed by atoms with Crippen LogP contribution in [0.2, 0.25) is 0 Å². The van der Waals surface area contributed by atoms with E-state index in [-0.39, 0.29) is 5.78 Å². The number of hydrogen-bond donors (Lipinski definition) is 0. The summed E-state index contributed by atoms with van der Waals surface area (Å²) in [7, 11) is 2.12. The molecule has 0 heterocycles. The molecule has 0 aromatic heterocycles. The van der Waals surface area contributed by atoms with Crippen molar-refractivity contribution in [1.29, 1.82) is 0 Å². The molecule has 0 unspecified atom stereocenters. The molecule has 0 aliphatic heterocycles. The van der Waals surface area contributed by atoms with Gasteiger partial charge in [0.05, 0.1) is 0 Å². The molecular weight excluding hydrogens is 234 g/mol. The van der Waals surface area contributed by atoms with Crippen molar-refractivity contribution < 1.29 is 4.79 Å². The van der Waals surface area contributed by atoms with Crippen molar-refractivity contribution in [3.8, 4) is 0 Å². The van der Waals surface area contributed by atoms with Crippen molar-refractivity contribution in [2.24, 2.45) is 5.92 Å². The Morgan fingerprint density at radius 3 is 2.58 bits per heavy atom. The lowest BCUT2D eigenvalue weighted by Gasteiger charge is -2.29. The van der Waals surface area contributed by atoms with Gasteiger partial charge in [0.15, 0.2) is 5.78 Å². The number of nitrogens with zero attached hydrogens (tertiary/aromatic N) is 1. The Hall–Kier alpha value is -1.31. The first kappa shape index (κ1) is 14.1. The van der Waals surface area contributed by atoms with Gasteiger partial charge in [-0.25, -0.2) is 0 Å². The zero-order valence-corrected chi connectivity index (χ0v) is 12.2. The predicted molar refractivity (Wildman–Crippen MR) is 80.9 cm³/mol. The lowest BCUT2D eigenvalue weighted by molar-refractivity contribution is 0.0988. The first-order chi connectivity index (χ1) is 9.22. The first-order valence-corrected chi connectivity index (χ1v) is 7.55. The number of carbonyl (C=O) groups is 1. The normalized spacial score (nSPS) is 16.3. The SMILES string of the molecule is CCC(=O)c1ccccc1N(C)CC1CCCCC1. The molecule has 0 saturated heterocycles. The van der Waals surface area contributed by atoms with Crippen molar-refractivity contribution in [2.75, 3.05) is 18.5 Å². The number of anilines is 1. The van der Waals surface area contributed by atoms with Gasteiger partial charge in [-0.15, -0.1) is 0 Å². The van der Waals surface area contributed by atoms with Gasteiger partial charge < -0.3 is 4.90 Å². The maximum atomic E-state index is 12.0. The van der Waals surface area contributed by atoms with Crippen molar-refractivity contribution >= 4 is 11.5 Å². The Balaban J connectivity index is 2.09. The van der Waals surface area contributed by atoms with Gasteiger partial charge in [-0.3, -0.25) is 4.79 Å². The van der Waals surface area contributed by atoms with Crippen LogP contribution in [-0.2, 0) is 0 Å². The Kier molecular flexibility index (Phi) is 5.00. The molecule has 19 heavy (non-hydrogen) atoms. The quantitative estimate of drug-likeness (QED) is 0.735. The van der Waals surface area contributed by atoms with E-state index >= 15 is 0 Å². The molecule has 1 aliphatic rings. The molecule has 2 nitrogen and oxygen atoms in total. The van der Waals surface area contributed by atoms with Crippen molar-refractivity contribution in [3.05, 3.63) is 29.8 Å². The van der Waals surface area contributed by atoms with Gasteiger partial charge in [-0.2, -0.15) is 0 Å². The smallest absolute Gasteiger partial charge is 0.164 e. The number of para-hydroxylation sites is 1. The van der Waals surface area contributed by atoms with Crippen LogP contribution in [0.15, 0.2) is 24.3 Å². The zero-order chi connectivity index (χ0) is 13.7. The summed E-state index contributed by atoms with van der Waals surface area (Å²) in [5.41, 5.74) is 1.98. The van der Waals surface area contributed by atoms with Crippen molar-refractivity contribution in [2.45, 2.75) is 45.4 Å². The minimum Gasteiger partial charge on any atom is -0.374 e. The summed E-state index contributed by atoms with van der Waals surface area (Å²) >= 11 is 0. The van der Waals surface area contributed by atoms with Gasteiger partial charge in [-0.05, 0) is 30.9 Å². The van der Waals surface area contributed by atoms with Gasteiger partial charge in [0.1, 0.15) is 0 Å². The number of carbonyl (C=O) groups excluding carboxylic acids is 1. The number of ketones is 1. The van der Waals surface area contributed by atoms with Gasteiger partial charge in [0.25, 0.3) is 0 Å². The monoisotopic (exact) mass is 259 g/mol. The third-order valence-electron chi connectivity index (χ3n) is 4.19. The lowest BCUT2D eigenvalue weighted by Crippen LogP contribution is -2.28. The van der Waals surface area contributed by atoms with Crippen LogP contribution in [0, 0.1) is 5.92 Å². The highest BCUT2D eigenvalue weighted by atomic mass is 16.1.